The Balaban J connectivity index is 1.73. The van der Waals surface area contributed by atoms with Crippen molar-refractivity contribution in [1.82, 2.24) is 4.90 Å². The molecule has 4 rings (SSSR count). The minimum Gasteiger partial charge on any atom is -0.468 e. The van der Waals surface area contributed by atoms with Gasteiger partial charge in [-0.2, -0.15) is 0 Å². The molecule has 5 nitrogen and oxygen atoms in total. The van der Waals surface area contributed by atoms with Gasteiger partial charge in [-0.15, -0.1) is 0 Å². The molecule has 2 aromatic carbocycles. The van der Waals surface area contributed by atoms with Crippen LogP contribution in [-0.2, 0) is 9.59 Å². The van der Waals surface area contributed by atoms with Crippen molar-refractivity contribution in [2.75, 3.05) is 12.4 Å². The Kier molecular flexibility index (Phi) is 3.75. The van der Waals surface area contributed by atoms with Crippen molar-refractivity contribution < 1.29 is 14.3 Å². The summed E-state index contributed by atoms with van der Waals surface area (Å²) >= 11 is 0. The summed E-state index contributed by atoms with van der Waals surface area (Å²) in [4.78, 5) is 27.7. The van der Waals surface area contributed by atoms with E-state index < -0.39 is 11.6 Å². The lowest BCUT2D eigenvalue weighted by Crippen LogP contribution is -2.62. The van der Waals surface area contributed by atoms with E-state index in [1.165, 1.54) is 0 Å². The number of ether oxygens (including phenoxy) is 1. The first kappa shape index (κ1) is 16.6. The van der Waals surface area contributed by atoms with Crippen molar-refractivity contribution in [2.45, 2.75) is 31.9 Å². The van der Waals surface area contributed by atoms with Crippen molar-refractivity contribution in [1.29, 1.82) is 0 Å². The van der Waals surface area contributed by atoms with Crippen molar-refractivity contribution in [2.24, 2.45) is 5.92 Å². The van der Waals surface area contributed by atoms with Crippen LogP contribution in [0, 0.1) is 12.8 Å². The van der Waals surface area contributed by atoms with E-state index in [2.05, 4.69) is 5.32 Å². The molecule has 134 valence electrons. The fourth-order valence-electron chi connectivity index (χ4n) is 4.01. The second-order valence-electron chi connectivity index (χ2n) is 7.30. The Bertz CT molecular complexity index is 894. The maximum Gasteiger partial charge on any atom is 0.238 e. The Morgan fingerprint density at radius 3 is 2.65 bits per heavy atom. The fourth-order valence-corrected chi connectivity index (χ4v) is 4.01. The summed E-state index contributed by atoms with van der Waals surface area (Å²) in [5, 5.41) is 2.95. The predicted molar refractivity (Wildman–Crippen MR) is 98.9 cm³/mol. The number of nitrogens with zero attached hydrogens (tertiary/aromatic N) is 1. The normalized spacial score (nSPS) is 26.7. The number of rotatable bonds is 2. The lowest BCUT2D eigenvalue weighted by atomic mass is 9.73. The molecule has 2 aliphatic heterocycles. The third-order valence-corrected chi connectivity index (χ3v) is 5.64. The van der Waals surface area contributed by atoms with Gasteiger partial charge in [0.15, 0.2) is 5.72 Å². The molecule has 0 spiro atoms. The van der Waals surface area contributed by atoms with Crippen LogP contribution in [-0.4, -0.2) is 29.5 Å². The third-order valence-electron chi connectivity index (χ3n) is 5.64. The van der Waals surface area contributed by atoms with Gasteiger partial charge < -0.3 is 15.0 Å². The maximum absolute atomic E-state index is 13.1. The van der Waals surface area contributed by atoms with Crippen LogP contribution in [0.15, 0.2) is 48.5 Å². The van der Waals surface area contributed by atoms with Gasteiger partial charge in [-0.05, 0) is 37.1 Å². The van der Waals surface area contributed by atoms with Crippen LogP contribution < -0.4 is 10.1 Å². The second kappa shape index (κ2) is 5.87. The van der Waals surface area contributed by atoms with Gasteiger partial charge in [0.05, 0.1) is 0 Å². The van der Waals surface area contributed by atoms with Crippen LogP contribution in [0.5, 0.6) is 5.75 Å². The van der Waals surface area contributed by atoms with E-state index in [-0.39, 0.29) is 17.7 Å². The highest BCUT2D eigenvalue weighted by Gasteiger charge is 2.54. The van der Waals surface area contributed by atoms with E-state index in [1.807, 2.05) is 62.4 Å². The lowest BCUT2D eigenvalue weighted by Gasteiger charge is -2.51. The van der Waals surface area contributed by atoms with Crippen molar-refractivity contribution >= 4 is 17.5 Å². The van der Waals surface area contributed by atoms with Gasteiger partial charge in [0.25, 0.3) is 0 Å². The molecule has 0 aromatic heterocycles. The van der Waals surface area contributed by atoms with Gasteiger partial charge in [0, 0.05) is 25.1 Å². The highest BCUT2D eigenvalue weighted by molar-refractivity contribution is 6.08. The number of likely N-dealkylation sites (tertiary alicyclic amines) is 1. The van der Waals surface area contributed by atoms with Crippen LogP contribution in [0.25, 0.3) is 0 Å². The molecule has 2 aliphatic rings. The Morgan fingerprint density at radius 2 is 1.88 bits per heavy atom. The maximum atomic E-state index is 13.1. The summed E-state index contributed by atoms with van der Waals surface area (Å²) in [5.41, 5.74) is 1.91. The highest BCUT2D eigenvalue weighted by Crippen LogP contribution is 2.49. The van der Waals surface area contributed by atoms with Crippen LogP contribution in [0.2, 0.25) is 0 Å². The summed E-state index contributed by atoms with van der Waals surface area (Å²) in [6, 6.07) is 15.3. The number of benzene rings is 2. The van der Waals surface area contributed by atoms with Crippen LogP contribution in [0.3, 0.4) is 0 Å². The Hall–Kier alpha value is -2.82. The first-order chi connectivity index (χ1) is 12.4. The summed E-state index contributed by atoms with van der Waals surface area (Å²) < 4.78 is 6.11. The first-order valence-corrected chi connectivity index (χ1v) is 8.83. The van der Waals surface area contributed by atoms with E-state index in [4.69, 9.17) is 4.74 Å². The summed E-state index contributed by atoms with van der Waals surface area (Å²) in [7, 11) is 1.71. The van der Waals surface area contributed by atoms with Gasteiger partial charge in [-0.1, -0.05) is 36.4 Å². The molecule has 26 heavy (non-hydrogen) atoms. The number of nitrogens with one attached hydrogen (secondary N) is 1. The van der Waals surface area contributed by atoms with Gasteiger partial charge in [-0.25, -0.2) is 0 Å². The molecule has 0 saturated carbocycles. The van der Waals surface area contributed by atoms with Crippen LogP contribution in [0.4, 0.5) is 5.69 Å². The van der Waals surface area contributed by atoms with E-state index in [0.717, 1.165) is 22.6 Å². The monoisotopic (exact) mass is 350 g/mol. The Morgan fingerprint density at radius 1 is 1.19 bits per heavy atom. The van der Waals surface area contributed by atoms with Gasteiger partial charge in [-0.3, -0.25) is 9.59 Å². The highest BCUT2D eigenvalue weighted by atomic mass is 16.5. The average Bonchev–Trinajstić information content (AvgIpc) is 2.62. The summed E-state index contributed by atoms with van der Waals surface area (Å²) in [6.45, 7) is 3.84. The molecular weight excluding hydrogens is 328 g/mol. The smallest absolute Gasteiger partial charge is 0.238 e. The molecule has 3 atom stereocenters. The van der Waals surface area contributed by atoms with Gasteiger partial charge in [0.1, 0.15) is 11.7 Å². The molecule has 2 bridgehead atoms. The molecular formula is C21H22N2O3. The number of aryl methyl sites for hydroxylation is 1. The topological polar surface area (TPSA) is 58.6 Å². The molecule has 2 amide bonds. The molecule has 1 N–H and O–H groups in total. The minimum absolute atomic E-state index is 0.197. The zero-order valence-corrected chi connectivity index (χ0v) is 15.2. The van der Waals surface area contributed by atoms with E-state index >= 15 is 0 Å². The first-order valence-electron chi connectivity index (χ1n) is 8.83. The van der Waals surface area contributed by atoms with Crippen molar-refractivity contribution in [3.05, 3.63) is 59.7 Å². The molecule has 0 aliphatic carbocycles. The van der Waals surface area contributed by atoms with Crippen LogP contribution in [0.1, 0.15) is 30.4 Å². The molecule has 2 aromatic rings. The van der Waals surface area contributed by atoms with E-state index in [1.54, 1.807) is 11.9 Å². The summed E-state index contributed by atoms with van der Waals surface area (Å²) in [5.74, 6) is -0.682. The SMILES string of the molecule is Cc1ccccc1NC(=O)C1C(=O)N(C)C2(C)CC1c1ccccc1O2. The van der Waals surface area contributed by atoms with Gasteiger partial charge in [0.2, 0.25) is 11.8 Å². The molecule has 3 unspecified atom stereocenters. The molecule has 5 heteroatoms. The number of amides is 2. The van der Waals surface area contributed by atoms with E-state index in [0.29, 0.717) is 6.42 Å². The van der Waals surface area contributed by atoms with Gasteiger partial charge >= 0.3 is 0 Å². The average molecular weight is 350 g/mol. The zero-order chi connectivity index (χ0) is 18.5. The lowest BCUT2D eigenvalue weighted by molar-refractivity contribution is -0.170. The molecule has 1 saturated heterocycles. The second-order valence-corrected chi connectivity index (χ2v) is 7.30. The summed E-state index contributed by atoms with van der Waals surface area (Å²) in [6.07, 6.45) is 0.595. The molecule has 1 fully saturated rings. The predicted octanol–water partition coefficient (Wildman–Crippen LogP) is 3.30. The number of piperidine rings is 1. The standard InChI is InChI=1S/C21H22N2O3/c1-13-8-4-6-10-16(13)22-19(24)18-15-12-21(2,23(3)20(18)25)26-17-11-7-5-9-14(15)17/h4-11,15,18H,12H2,1-3H3,(H,22,24). The number of anilines is 1. The number of para-hydroxylation sites is 2. The Labute approximate surface area is 153 Å². The quantitative estimate of drug-likeness (QED) is 0.846. The van der Waals surface area contributed by atoms with Crippen LogP contribution >= 0.6 is 0 Å². The van der Waals surface area contributed by atoms with Crippen molar-refractivity contribution in [3.63, 3.8) is 0 Å². The third kappa shape index (κ3) is 2.46. The number of hydrogen-bond donors (Lipinski definition) is 1. The molecule has 0 radical (unpaired) electrons. The number of carbonyl (C=O) groups excluding carboxylic acids is 2. The van der Waals surface area contributed by atoms with Crippen molar-refractivity contribution in [3.8, 4) is 5.75 Å². The number of carbonyl (C=O) groups is 2. The molecule has 2 heterocycles. The van der Waals surface area contributed by atoms with E-state index in [9.17, 15) is 9.59 Å². The minimum atomic E-state index is -0.766. The zero-order valence-electron chi connectivity index (χ0n) is 15.2. The largest absolute Gasteiger partial charge is 0.468 e. The number of fused-ring (bicyclic) bond motifs is 4. The fraction of sp³-hybridized carbons (Fsp3) is 0.333. The number of hydrogen-bond acceptors (Lipinski definition) is 3.